The molecule has 4 nitrogen and oxygen atoms in total. The Labute approximate surface area is 166 Å². The van der Waals surface area contributed by atoms with Gasteiger partial charge in [-0.15, -0.1) is 0 Å². The van der Waals surface area contributed by atoms with Crippen molar-refractivity contribution in [3.05, 3.63) is 70.8 Å². The van der Waals surface area contributed by atoms with Crippen molar-refractivity contribution in [2.24, 2.45) is 5.92 Å². The number of amides is 1. The first kappa shape index (κ1) is 19.5. The summed E-state index contributed by atoms with van der Waals surface area (Å²) in [7, 11) is 0. The number of halogens is 3. The quantitative estimate of drug-likeness (QED) is 0.701. The molecule has 0 bridgehead atoms. The molecule has 1 amide bonds. The zero-order valence-electron chi connectivity index (χ0n) is 15.8. The van der Waals surface area contributed by atoms with Crippen LogP contribution >= 0.6 is 0 Å². The van der Waals surface area contributed by atoms with Crippen molar-refractivity contribution >= 4 is 11.9 Å². The lowest BCUT2D eigenvalue weighted by atomic mass is 10.0. The van der Waals surface area contributed by atoms with Crippen molar-refractivity contribution < 1.29 is 27.5 Å². The summed E-state index contributed by atoms with van der Waals surface area (Å²) >= 11 is 0. The average Bonchev–Trinajstić information content (AvgIpc) is 3.35. The fourth-order valence-corrected chi connectivity index (χ4v) is 4.30. The lowest BCUT2D eigenvalue weighted by molar-refractivity contribution is -0.145. The van der Waals surface area contributed by atoms with Gasteiger partial charge in [0, 0.05) is 23.9 Å². The van der Waals surface area contributed by atoms with Crippen LogP contribution in [-0.4, -0.2) is 36.1 Å². The molecule has 4 rings (SSSR count). The van der Waals surface area contributed by atoms with Gasteiger partial charge >= 0.3 is 12.1 Å². The second kappa shape index (κ2) is 7.21. The van der Waals surface area contributed by atoms with Crippen molar-refractivity contribution in [2.45, 2.75) is 31.5 Å². The van der Waals surface area contributed by atoms with E-state index < -0.39 is 18.6 Å². The molecule has 0 spiro atoms. The van der Waals surface area contributed by atoms with E-state index in [2.05, 4.69) is 0 Å². The number of rotatable bonds is 5. The van der Waals surface area contributed by atoms with E-state index in [-0.39, 0.29) is 36.9 Å². The largest absolute Gasteiger partial charge is 0.466 e. The third-order valence-electron chi connectivity index (χ3n) is 5.53. The van der Waals surface area contributed by atoms with Gasteiger partial charge in [0.05, 0.1) is 12.5 Å². The predicted octanol–water partition coefficient (Wildman–Crippen LogP) is 4.27. The SMILES string of the molecule is CCOC(=O)[C@@H]1[C@H](c2ccccc2)[C@H]1c1ccc2c(c1)CN(CC(F)(F)F)C2=O. The van der Waals surface area contributed by atoms with E-state index in [1.54, 1.807) is 25.1 Å². The Balaban J connectivity index is 1.61. The van der Waals surface area contributed by atoms with Crippen molar-refractivity contribution in [2.75, 3.05) is 13.2 Å². The Kier molecular flexibility index (Phi) is 4.84. The number of fused-ring (bicyclic) bond motifs is 1. The van der Waals surface area contributed by atoms with Crippen LogP contribution in [0.1, 0.15) is 45.8 Å². The summed E-state index contributed by atoms with van der Waals surface area (Å²) in [4.78, 5) is 25.5. The van der Waals surface area contributed by atoms with E-state index in [4.69, 9.17) is 4.74 Å². The average molecular weight is 403 g/mol. The van der Waals surface area contributed by atoms with Gasteiger partial charge in [-0.3, -0.25) is 9.59 Å². The van der Waals surface area contributed by atoms with E-state index in [0.717, 1.165) is 16.0 Å². The Hall–Kier alpha value is -2.83. The summed E-state index contributed by atoms with van der Waals surface area (Å²) in [6, 6.07) is 14.7. The summed E-state index contributed by atoms with van der Waals surface area (Å²) in [6.45, 7) is 0.698. The zero-order valence-corrected chi connectivity index (χ0v) is 15.8. The van der Waals surface area contributed by atoms with Crippen LogP contribution in [0.5, 0.6) is 0 Å². The molecule has 2 aromatic rings. The number of benzene rings is 2. The van der Waals surface area contributed by atoms with Crippen LogP contribution in [0.3, 0.4) is 0 Å². The van der Waals surface area contributed by atoms with Crippen molar-refractivity contribution in [1.82, 2.24) is 4.90 Å². The van der Waals surface area contributed by atoms with Gasteiger partial charge in [0.25, 0.3) is 5.91 Å². The highest BCUT2D eigenvalue weighted by molar-refractivity contribution is 5.98. The molecule has 29 heavy (non-hydrogen) atoms. The first-order chi connectivity index (χ1) is 13.8. The second-order valence-corrected chi connectivity index (χ2v) is 7.43. The summed E-state index contributed by atoms with van der Waals surface area (Å²) in [5.74, 6) is -1.38. The molecule has 0 unspecified atom stereocenters. The number of alkyl halides is 3. The maximum atomic E-state index is 12.7. The smallest absolute Gasteiger partial charge is 0.406 e. The van der Waals surface area contributed by atoms with Crippen LogP contribution in [0.25, 0.3) is 0 Å². The minimum absolute atomic E-state index is 0.0447. The minimum Gasteiger partial charge on any atom is -0.466 e. The molecule has 2 aromatic carbocycles. The number of hydrogen-bond acceptors (Lipinski definition) is 3. The standard InChI is InChI=1S/C22H20F3NO3/c1-2-29-21(28)19-17(13-6-4-3-5-7-13)18(19)14-8-9-16-15(10-14)11-26(20(16)27)12-22(23,24)25/h3-10,17-19H,2,11-12H2,1H3/t17-,18-,19-/m1/s1. The molecule has 0 radical (unpaired) electrons. The highest BCUT2D eigenvalue weighted by atomic mass is 19.4. The molecule has 152 valence electrons. The predicted molar refractivity (Wildman–Crippen MR) is 99.3 cm³/mol. The fraction of sp³-hybridized carbons (Fsp3) is 0.364. The fourth-order valence-electron chi connectivity index (χ4n) is 4.30. The van der Waals surface area contributed by atoms with Crippen LogP contribution in [0, 0.1) is 5.92 Å². The number of nitrogens with zero attached hydrogens (tertiary/aromatic N) is 1. The summed E-state index contributed by atoms with van der Waals surface area (Å²) < 4.78 is 43.4. The molecule has 1 aliphatic carbocycles. The second-order valence-electron chi connectivity index (χ2n) is 7.43. The number of esters is 1. The molecule has 0 aromatic heterocycles. The Morgan fingerprint density at radius 3 is 2.45 bits per heavy atom. The first-order valence-electron chi connectivity index (χ1n) is 9.50. The maximum Gasteiger partial charge on any atom is 0.406 e. The molecular formula is C22H20F3NO3. The first-order valence-corrected chi connectivity index (χ1v) is 9.50. The maximum absolute atomic E-state index is 12.7. The molecule has 2 aliphatic rings. The van der Waals surface area contributed by atoms with Gasteiger partial charge in [0.15, 0.2) is 0 Å². The molecule has 1 saturated carbocycles. The van der Waals surface area contributed by atoms with Crippen LogP contribution in [0.15, 0.2) is 48.5 Å². The van der Waals surface area contributed by atoms with E-state index in [0.29, 0.717) is 11.1 Å². The van der Waals surface area contributed by atoms with E-state index >= 15 is 0 Å². The van der Waals surface area contributed by atoms with Gasteiger partial charge < -0.3 is 9.64 Å². The number of hydrogen-bond donors (Lipinski definition) is 0. The molecule has 1 aliphatic heterocycles. The van der Waals surface area contributed by atoms with Crippen LogP contribution in [0.4, 0.5) is 13.2 Å². The monoisotopic (exact) mass is 403 g/mol. The minimum atomic E-state index is -4.44. The van der Waals surface area contributed by atoms with Gasteiger partial charge in [-0.05, 0) is 29.7 Å². The van der Waals surface area contributed by atoms with Gasteiger partial charge in [-0.1, -0.05) is 42.5 Å². The third-order valence-corrected chi connectivity index (χ3v) is 5.53. The van der Waals surface area contributed by atoms with Crippen LogP contribution in [0.2, 0.25) is 0 Å². The molecular weight excluding hydrogens is 383 g/mol. The summed E-state index contributed by atoms with van der Waals surface area (Å²) in [6.07, 6.45) is -4.44. The van der Waals surface area contributed by atoms with E-state index in [1.165, 1.54) is 0 Å². The van der Waals surface area contributed by atoms with E-state index in [1.807, 2.05) is 30.3 Å². The summed E-state index contributed by atoms with van der Waals surface area (Å²) in [5.41, 5.74) is 2.73. The lowest BCUT2D eigenvalue weighted by Crippen LogP contribution is -2.34. The van der Waals surface area contributed by atoms with Crippen molar-refractivity contribution in [3.8, 4) is 0 Å². The molecule has 1 heterocycles. The molecule has 1 fully saturated rings. The Morgan fingerprint density at radius 1 is 1.10 bits per heavy atom. The molecule has 3 atom stereocenters. The Morgan fingerprint density at radius 2 is 1.79 bits per heavy atom. The van der Waals surface area contributed by atoms with Crippen LogP contribution < -0.4 is 0 Å². The highest BCUT2D eigenvalue weighted by Gasteiger charge is 2.57. The highest BCUT2D eigenvalue weighted by Crippen LogP contribution is 2.61. The van der Waals surface area contributed by atoms with Crippen molar-refractivity contribution in [3.63, 3.8) is 0 Å². The van der Waals surface area contributed by atoms with E-state index in [9.17, 15) is 22.8 Å². The molecule has 0 saturated heterocycles. The lowest BCUT2D eigenvalue weighted by Gasteiger charge is -2.17. The third kappa shape index (κ3) is 3.73. The van der Waals surface area contributed by atoms with Gasteiger partial charge in [0.2, 0.25) is 0 Å². The van der Waals surface area contributed by atoms with Crippen molar-refractivity contribution in [1.29, 1.82) is 0 Å². The van der Waals surface area contributed by atoms with Gasteiger partial charge in [0.1, 0.15) is 6.54 Å². The number of carbonyl (C=O) groups is 2. The molecule has 0 N–H and O–H groups in total. The normalized spacial score (nSPS) is 23.1. The number of ether oxygens (including phenoxy) is 1. The molecule has 7 heteroatoms. The van der Waals surface area contributed by atoms with Gasteiger partial charge in [-0.25, -0.2) is 0 Å². The summed E-state index contributed by atoms with van der Waals surface area (Å²) in [5, 5.41) is 0. The van der Waals surface area contributed by atoms with Crippen LogP contribution in [-0.2, 0) is 16.1 Å². The Bertz CT molecular complexity index is 942. The van der Waals surface area contributed by atoms with Gasteiger partial charge in [-0.2, -0.15) is 13.2 Å². The zero-order chi connectivity index (χ0) is 20.8. The number of carbonyl (C=O) groups excluding carboxylic acids is 2. The topological polar surface area (TPSA) is 46.6 Å².